The predicted molar refractivity (Wildman–Crippen MR) is 77.3 cm³/mol. The van der Waals surface area contributed by atoms with Gasteiger partial charge in [-0.3, -0.25) is 0 Å². The summed E-state index contributed by atoms with van der Waals surface area (Å²) in [5.74, 6) is 0.995. The first-order valence-corrected chi connectivity index (χ1v) is 6.82. The average molecular weight is 258 g/mol. The van der Waals surface area contributed by atoms with Gasteiger partial charge in [0, 0.05) is 12.1 Å². The lowest BCUT2D eigenvalue weighted by Crippen LogP contribution is -2.02. The number of nitrogens with one attached hydrogen (secondary N) is 1. The molecule has 1 aromatic heterocycles. The third-order valence-electron chi connectivity index (χ3n) is 2.86. The summed E-state index contributed by atoms with van der Waals surface area (Å²) >= 11 is 5.20. The van der Waals surface area contributed by atoms with E-state index >= 15 is 0 Å². The summed E-state index contributed by atoms with van der Waals surface area (Å²) in [6, 6.07) is 12.4. The molecule has 1 N–H and O–H groups in total. The summed E-state index contributed by atoms with van der Waals surface area (Å²) in [5, 5.41) is 0. The summed E-state index contributed by atoms with van der Waals surface area (Å²) in [6.07, 6.45) is 4.05. The van der Waals surface area contributed by atoms with Crippen LogP contribution in [-0.2, 0) is 19.3 Å². The quantitative estimate of drug-likeness (QED) is 0.825. The molecule has 0 fully saturated rings. The molecule has 0 atom stereocenters. The molecule has 2 nitrogen and oxygen atoms in total. The maximum absolute atomic E-state index is 5.20. The first kappa shape index (κ1) is 13.0. The third kappa shape index (κ3) is 3.77. The Morgan fingerprint density at radius 3 is 2.61 bits per heavy atom. The fraction of sp³-hybridized carbons (Fsp3) is 0.333. The number of benzene rings is 1. The normalized spacial score (nSPS) is 10.5. The Kier molecular flexibility index (Phi) is 4.65. The molecule has 0 bridgehead atoms. The predicted octanol–water partition coefficient (Wildman–Crippen LogP) is 3.88. The van der Waals surface area contributed by atoms with Crippen molar-refractivity contribution in [1.29, 1.82) is 0 Å². The molecule has 0 spiro atoms. The van der Waals surface area contributed by atoms with Gasteiger partial charge in [0.25, 0.3) is 0 Å². The second-order valence-corrected chi connectivity index (χ2v) is 4.85. The van der Waals surface area contributed by atoms with Crippen LogP contribution < -0.4 is 0 Å². The second-order valence-electron chi connectivity index (χ2n) is 4.43. The molecule has 3 heteroatoms. The van der Waals surface area contributed by atoms with Gasteiger partial charge in [0.1, 0.15) is 10.5 Å². The van der Waals surface area contributed by atoms with E-state index < -0.39 is 0 Å². The molecule has 0 amide bonds. The van der Waals surface area contributed by atoms with Crippen molar-refractivity contribution in [2.45, 2.75) is 32.6 Å². The third-order valence-corrected chi connectivity index (χ3v) is 3.07. The van der Waals surface area contributed by atoms with Crippen LogP contribution in [0.15, 0.2) is 36.4 Å². The second kappa shape index (κ2) is 6.45. The number of nitrogens with zero attached hydrogens (tertiary/aromatic N) is 1. The smallest absolute Gasteiger partial charge is 0.129 e. The molecule has 18 heavy (non-hydrogen) atoms. The van der Waals surface area contributed by atoms with Gasteiger partial charge < -0.3 is 4.98 Å². The Labute approximate surface area is 113 Å². The number of aromatic amines is 1. The van der Waals surface area contributed by atoms with Crippen LogP contribution in [0.25, 0.3) is 0 Å². The van der Waals surface area contributed by atoms with Gasteiger partial charge >= 0.3 is 0 Å². The van der Waals surface area contributed by atoms with E-state index in [-0.39, 0.29) is 0 Å². The highest BCUT2D eigenvalue weighted by atomic mass is 32.1. The van der Waals surface area contributed by atoms with Gasteiger partial charge in [-0.25, -0.2) is 4.98 Å². The van der Waals surface area contributed by atoms with Crippen molar-refractivity contribution in [2.24, 2.45) is 0 Å². The molecule has 0 unspecified atom stereocenters. The minimum atomic E-state index is 0.695. The monoisotopic (exact) mass is 258 g/mol. The van der Waals surface area contributed by atoms with Gasteiger partial charge in [-0.05, 0) is 24.5 Å². The zero-order valence-corrected chi connectivity index (χ0v) is 11.5. The van der Waals surface area contributed by atoms with Crippen LogP contribution in [0, 0.1) is 4.64 Å². The maximum atomic E-state index is 5.20. The molecule has 2 rings (SSSR count). The molecule has 0 saturated carbocycles. The SMILES string of the molecule is CCCc1cc(=S)nc(CCc2ccccc2)[nH]1. The van der Waals surface area contributed by atoms with Crippen molar-refractivity contribution in [3.8, 4) is 0 Å². The molecule has 94 valence electrons. The molecule has 0 radical (unpaired) electrons. The van der Waals surface area contributed by atoms with Crippen LogP contribution in [0.2, 0.25) is 0 Å². The summed E-state index contributed by atoms with van der Waals surface area (Å²) in [6.45, 7) is 2.17. The first-order chi connectivity index (χ1) is 8.78. The lowest BCUT2D eigenvalue weighted by atomic mass is 10.1. The molecular formula is C15H18N2S. The number of H-pyrrole nitrogens is 1. The van der Waals surface area contributed by atoms with Gasteiger partial charge in [-0.2, -0.15) is 0 Å². The lowest BCUT2D eigenvalue weighted by molar-refractivity contribution is 0.802. The highest BCUT2D eigenvalue weighted by Crippen LogP contribution is 2.06. The minimum Gasteiger partial charge on any atom is -0.347 e. The Morgan fingerprint density at radius 2 is 1.89 bits per heavy atom. The van der Waals surface area contributed by atoms with E-state index in [2.05, 4.69) is 41.2 Å². The Hall–Kier alpha value is -1.48. The number of hydrogen-bond donors (Lipinski definition) is 1. The molecule has 2 aromatic rings. The van der Waals surface area contributed by atoms with Gasteiger partial charge in [-0.15, -0.1) is 0 Å². The van der Waals surface area contributed by atoms with E-state index in [0.717, 1.165) is 31.5 Å². The average Bonchev–Trinajstić information content (AvgIpc) is 2.37. The topological polar surface area (TPSA) is 28.7 Å². The highest BCUT2D eigenvalue weighted by Gasteiger charge is 2.00. The van der Waals surface area contributed by atoms with Crippen molar-refractivity contribution in [1.82, 2.24) is 9.97 Å². The van der Waals surface area contributed by atoms with Crippen molar-refractivity contribution >= 4 is 12.2 Å². The summed E-state index contributed by atoms with van der Waals surface area (Å²) in [5.41, 5.74) is 2.53. The van der Waals surface area contributed by atoms with Gasteiger partial charge in [0.2, 0.25) is 0 Å². The Balaban J connectivity index is 2.07. The number of aryl methyl sites for hydroxylation is 3. The van der Waals surface area contributed by atoms with Crippen LogP contribution >= 0.6 is 12.2 Å². The van der Waals surface area contributed by atoms with E-state index in [1.807, 2.05) is 12.1 Å². The largest absolute Gasteiger partial charge is 0.347 e. The Morgan fingerprint density at radius 1 is 1.11 bits per heavy atom. The molecular weight excluding hydrogens is 240 g/mol. The van der Waals surface area contributed by atoms with Crippen molar-refractivity contribution in [2.75, 3.05) is 0 Å². The summed E-state index contributed by atoms with van der Waals surface area (Å²) in [7, 11) is 0. The van der Waals surface area contributed by atoms with E-state index in [0.29, 0.717) is 4.64 Å². The van der Waals surface area contributed by atoms with Crippen LogP contribution in [0.5, 0.6) is 0 Å². The van der Waals surface area contributed by atoms with Crippen LogP contribution in [0.4, 0.5) is 0 Å². The zero-order chi connectivity index (χ0) is 12.8. The van der Waals surface area contributed by atoms with Gasteiger partial charge in [0.05, 0.1) is 0 Å². The van der Waals surface area contributed by atoms with Crippen molar-refractivity contribution < 1.29 is 0 Å². The first-order valence-electron chi connectivity index (χ1n) is 6.41. The number of rotatable bonds is 5. The van der Waals surface area contributed by atoms with E-state index in [9.17, 15) is 0 Å². The zero-order valence-electron chi connectivity index (χ0n) is 10.6. The van der Waals surface area contributed by atoms with Gasteiger partial charge in [-0.1, -0.05) is 55.9 Å². The molecule has 1 aromatic carbocycles. The highest BCUT2D eigenvalue weighted by molar-refractivity contribution is 7.71. The number of aromatic nitrogens is 2. The van der Waals surface area contributed by atoms with E-state index in [1.54, 1.807) is 0 Å². The number of hydrogen-bond acceptors (Lipinski definition) is 2. The molecule has 1 heterocycles. The van der Waals surface area contributed by atoms with Crippen molar-refractivity contribution in [3.05, 3.63) is 58.1 Å². The molecule has 0 aliphatic rings. The molecule has 0 aliphatic heterocycles. The van der Waals surface area contributed by atoms with Crippen LogP contribution in [-0.4, -0.2) is 9.97 Å². The van der Waals surface area contributed by atoms with Crippen molar-refractivity contribution in [3.63, 3.8) is 0 Å². The molecule has 0 saturated heterocycles. The van der Waals surface area contributed by atoms with E-state index in [4.69, 9.17) is 12.2 Å². The summed E-state index contributed by atoms with van der Waals surface area (Å²) < 4.78 is 0.695. The Bertz CT molecular complexity index is 546. The van der Waals surface area contributed by atoms with Crippen LogP contribution in [0.1, 0.15) is 30.4 Å². The fourth-order valence-corrected chi connectivity index (χ4v) is 2.25. The fourth-order valence-electron chi connectivity index (χ4n) is 1.99. The molecule has 0 aliphatic carbocycles. The standard InChI is InChI=1S/C15H18N2S/c1-2-6-13-11-15(18)17-14(16-13)10-9-12-7-4-3-5-8-12/h3-5,7-8,11H,2,6,9-10H2,1H3,(H,16,17,18). The van der Waals surface area contributed by atoms with Crippen LogP contribution in [0.3, 0.4) is 0 Å². The lowest BCUT2D eigenvalue weighted by Gasteiger charge is -2.05. The van der Waals surface area contributed by atoms with Gasteiger partial charge in [0.15, 0.2) is 0 Å². The van der Waals surface area contributed by atoms with E-state index in [1.165, 1.54) is 11.3 Å². The maximum Gasteiger partial charge on any atom is 0.129 e. The minimum absolute atomic E-state index is 0.695. The summed E-state index contributed by atoms with van der Waals surface area (Å²) in [4.78, 5) is 7.77.